The molecule has 0 amide bonds. The van der Waals surface area contributed by atoms with Gasteiger partial charge in [-0.15, -0.1) is 0 Å². The highest BCUT2D eigenvalue weighted by atomic mass is 16.6. The average molecular weight is 787 g/mol. The van der Waals surface area contributed by atoms with Crippen LogP contribution in [0.25, 0.3) is 0 Å². The van der Waals surface area contributed by atoms with Crippen molar-refractivity contribution in [2.24, 2.45) is 23.2 Å². The monoisotopic (exact) mass is 786 g/mol. The number of esters is 7. The minimum absolute atomic E-state index is 0.0493. The Morgan fingerprint density at radius 1 is 0.714 bits per heavy atom. The van der Waals surface area contributed by atoms with Crippen molar-refractivity contribution in [1.29, 1.82) is 0 Å². The van der Waals surface area contributed by atoms with Crippen molar-refractivity contribution in [2.45, 2.75) is 130 Å². The number of fused-ring (bicyclic) bond motifs is 1. The van der Waals surface area contributed by atoms with Gasteiger partial charge in [0.15, 0.2) is 24.4 Å². The third-order valence-corrected chi connectivity index (χ3v) is 9.84. The molecule has 0 bridgehead atoms. The zero-order valence-corrected chi connectivity index (χ0v) is 33.8. The van der Waals surface area contributed by atoms with Crippen molar-refractivity contribution in [3.8, 4) is 0 Å². The van der Waals surface area contributed by atoms with Gasteiger partial charge in [-0.05, 0) is 19.1 Å². The quantitative estimate of drug-likeness (QED) is 0.210. The summed E-state index contributed by atoms with van der Waals surface area (Å²) >= 11 is 0. The minimum Gasteiger partial charge on any atom is -0.459 e. The van der Waals surface area contributed by atoms with Crippen molar-refractivity contribution in [2.75, 3.05) is 0 Å². The molecule has 1 N–H and O–H groups in total. The maximum atomic E-state index is 14.0. The lowest BCUT2D eigenvalue weighted by molar-refractivity contribution is -0.200. The zero-order chi connectivity index (χ0) is 42.5. The molecule has 15 nitrogen and oxygen atoms in total. The summed E-state index contributed by atoms with van der Waals surface area (Å²) in [6, 6.07) is 7.73. The Balaban J connectivity index is 2.61. The highest BCUT2D eigenvalue weighted by Crippen LogP contribution is 2.54. The van der Waals surface area contributed by atoms with Gasteiger partial charge in [-0.25, -0.2) is 4.79 Å². The maximum absolute atomic E-state index is 14.0. The molecule has 0 heterocycles. The van der Waals surface area contributed by atoms with E-state index in [1.54, 1.807) is 51.1 Å². The van der Waals surface area contributed by atoms with Gasteiger partial charge in [0.2, 0.25) is 0 Å². The number of ether oxygens (including phenoxy) is 7. The first-order valence-electron chi connectivity index (χ1n) is 18.3. The van der Waals surface area contributed by atoms with Crippen molar-refractivity contribution >= 4 is 41.8 Å². The SMILES string of the molecule is C=C1[C@H](OC(=O)c2ccccc2)[C@@H](OC(C)=O)[C@@H](OC(C)=O)C(C)(C)C=C[C@H](C)[C@H](OC(C)=O)[C@@]2(O)C[C@@](C)(OC(C)=O)[C@H](OC(C)=O)[C@@H]2[C@H]1OC(=O)C(C)C. The van der Waals surface area contributed by atoms with Crippen LogP contribution in [0.5, 0.6) is 0 Å². The van der Waals surface area contributed by atoms with Crippen LogP contribution in [0.3, 0.4) is 0 Å². The Bertz CT molecular complexity index is 1710. The van der Waals surface area contributed by atoms with E-state index >= 15 is 0 Å². The number of aliphatic hydroxyl groups is 1. The van der Waals surface area contributed by atoms with Crippen LogP contribution in [0.4, 0.5) is 0 Å². The number of carbonyl (C=O) groups is 7. The molecule has 56 heavy (non-hydrogen) atoms. The van der Waals surface area contributed by atoms with E-state index < -0.39 is 119 Å². The molecule has 15 heteroatoms. The van der Waals surface area contributed by atoms with E-state index in [0.29, 0.717) is 0 Å². The fourth-order valence-electron chi connectivity index (χ4n) is 7.58. The second kappa shape index (κ2) is 17.8. The molecule has 1 aromatic carbocycles. The molecule has 3 rings (SSSR count). The highest BCUT2D eigenvalue weighted by molar-refractivity contribution is 5.89. The van der Waals surface area contributed by atoms with E-state index in [4.69, 9.17) is 33.2 Å². The summed E-state index contributed by atoms with van der Waals surface area (Å²) in [6.07, 6.45) is -7.37. The number of hydrogen-bond acceptors (Lipinski definition) is 15. The summed E-state index contributed by atoms with van der Waals surface area (Å²) in [6.45, 7) is 19.1. The summed E-state index contributed by atoms with van der Waals surface area (Å²) in [5.41, 5.74) is -5.81. The first-order valence-corrected chi connectivity index (χ1v) is 18.3. The van der Waals surface area contributed by atoms with E-state index in [9.17, 15) is 38.7 Å². The van der Waals surface area contributed by atoms with Gasteiger partial charge >= 0.3 is 41.8 Å². The Hall–Kier alpha value is -5.05. The van der Waals surface area contributed by atoms with Gasteiger partial charge in [-0.3, -0.25) is 28.8 Å². The summed E-state index contributed by atoms with van der Waals surface area (Å²) < 4.78 is 41.5. The summed E-state index contributed by atoms with van der Waals surface area (Å²) in [5.74, 6) is -9.46. The topological polar surface area (TPSA) is 204 Å². The minimum atomic E-state index is -2.38. The molecule has 2 aliphatic rings. The van der Waals surface area contributed by atoms with Gasteiger partial charge in [0.05, 0.1) is 17.4 Å². The van der Waals surface area contributed by atoms with Crippen LogP contribution in [0.2, 0.25) is 0 Å². The molecular weight excluding hydrogens is 732 g/mol. The molecule has 1 aromatic rings. The summed E-state index contributed by atoms with van der Waals surface area (Å²) in [7, 11) is 0. The molecule has 0 spiro atoms. The lowest BCUT2D eigenvalue weighted by Gasteiger charge is -2.46. The number of benzene rings is 1. The lowest BCUT2D eigenvalue weighted by Crippen LogP contribution is -2.60. The van der Waals surface area contributed by atoms with E-state index in [1.807, 2.05) is 0 Å². The number of rotatable bonds is 9. The van der Waals surface area contributed by atoms with E-state index in [1.165, 1.54) is 32.9 Å². The maximum Gasteiger partial charge on any atom is 0.338 e. The van der Waals surface area contributed by atoms with Crippen LogP contribution in [-0.4, -0.2) is 94.7 Å². The van der Waals surface area contributed by atoms with Gasteiger partial charge < -0.3 is 38.3 Å². The normalized spacial score (nSPS) is 31.3. The standard InChI is InChI=1S/C41H54O15/c1-21(2)37(47)54-31-23(4)32(55-38(48)29-16-14-13-15-17-29)33(50-24(5)42)36(53-27(8)45)39(10,11)19-18-22(3)34(51-25(6)43)41(49)20-40(12,56-28(9)46)35(30(31)41)52-26(7)44/h13-19,21-22,30-36,49H,4,20H2,1-3,5-12H3/t22-,30-,31-,32-,33+,34-,35+,36+,40+,41+/m0/s1. The molecule has 0 saturated heterocycles. The van der Waals surface area contributed by atoms with Gasteiger partial charge in [-0.2, -0.15) is 0 Å². The van der Waals surface area contributed by atoms with Crippen LogP contribution in [0.15, 0.2) is 54.6 Å². The van der Waals surface area contributed by atoms with E-state index in [-0.39, 0.29) is 11.1 Å². The summed E-state index contributed by atoms with van der Waals surface area (Å²) in [5, 5.41) is 13.2. The van der Waals surface area contributed by atoms with Crippen LogP contribution >= 0.6 is 0 Å². The van der Waals surface area contributed by atoms with Gasteiger partial charge in [-0.1, -0.05) is 71.5 Å². The smallest absolute Gasteiger partial charge is 0.338 e. The first-order chi connectivity index (χ1) is 25.8. The molecule has 1 fully saturated rings. The average Bonchev–Trinajstić information content (AvgIpc) is 3.28. The fourth-order valence-corrected chi connectivity index (χ4v) is 7.58. The number of hydrogen-bond donors (Lipinski definition) is 1. The Kier molecular flexibility index (Phi) is 14.4. The third-order valence-electron chi connectivity index (χ3n) is 9.84. The second-order valence-corrected chi connectivity index (χ2v) is 15.6. The van der Waals surface area contributed by atoms with Crippen LogP contribution < -0.4 is 0 Å². The largest absolute Gasteiger partial charge is 0.459 e. The van der Waals surface area contributed by atoms with Gasteiger partial charge in [0.25, 0.3) is 0 Å². The van der Waals surface area contributed by atoms with Crippen LogP contribution in [0, 0.1) is 23.2 Å². The van der Waals surface area contributed by atoms with Crippen molar-refractivity contribution in [3.63, 3.8) is 0 Å². The molecule has 308 valence electrons. The van der Waals surface area contributed by atoms with Crippen molar-refractivity contribution in [1.82, 2.24) is 0 Å². The molecule has 0 aliphatic heterocycles. The zero-order valence-electron chi connectivity index (χ0n) is 33.8. The van der Waals surface area contributed by atoms with E-state index in [2.05, 4.69) is 6.58 Å². The Morgan fingerprint density at radius 2 is 1.23 bits per heavy atom. The second-order valence-electron chi connectivity index (χ2n) is 15.6. The summed E-state index contributed by atoms with van der Waals surface area (Å²) in [4.78, 5) is 91.8. The van der Waals surface area contributed by atoms with Crippen LogP contribution in [0.1, 0.15) is 92.9 Å². The lowest BCUT2D eigenvalue weighted by atomic mass is 9.71. The first kappa shape index (κ1) is 45.3. The predicted octanol–water partition coefficient (Wildman–Crippen LogP) is 4.37. The molecule has 0 unspecified atom stereocenters. The molecule has 10 atom stereocenters. The van der Waals surface area contributed by atoms with Gasteiger partial charge in [0, 0.05) is 57.9 Å². The van der Waals surface area contributed by atoms with E-state index in [0.717, 1.165) is 34.6 Å². The van der Waals surface area contributed by atoms with Crippen LogP contribution in [-0.2, 0) is 61.9 Å². The molecule has 1 saturated carbocycles. The molecule has 0 radical (unpaired) electrons. The van der Waals surface area contributed by atoms with Crippen molar-refractivity contribution in [3.05, 3.63) is 60.2 Å². The number of carbonyl (C=O) groups excluding carboxylic acids is 7. The van der Waals surface area contributed by atoms with Gasteiger partial charge in [0.1, 0.15) is 23.4 Å². The molecule has 2 aliphatic carbocycles. The Labute approximate surface area is 327 Å². The fraction of sp³-hybridized carbons (Fsp3) is 0.585. The highest BCUT2D eigenvalue weighted by Gasteiger charge is 2.70. The molecule has 0 aromatic heterocycles. The van der Waals surface area contributed by atoms with Crippen molar-refractivity contribution < 1.29 is 71.8 Å². The predicted molar refractivity (Wildman–Crippen MR) is 197 cm³/mol. The Morgan fingerprint density at radius 3 is 1.73 bits per heavy atom. The third kappa shape index (κ3) is 10.4. The molecular formula is C41H54O15.